The summed E-state index contributed by atoms with van der Waals surface area (Å²) in [5.74, 6) is 2.03. The summed E-state index contributed by atoms with van der Waals surface area (Å²) in [6, 6.07) is 15.1. The molecule has 1 N–H and O–H groups in total. The van der Waals surface area contributed by atoms with E-state index in [1.165, 1.54) is 0 Å². The molecule has 0 bridgehead atoms. The van der Waals surface area contributed by atoms with E-state index in [1.807, 2.05) is 24.3 Å². The largest absolute Gasteiger partial charge is 0.491 e. The van der Waals surface area contributed by atoms with Crippen molar-refractivity contribution in [3.8, 4) is 17.9 Å². The number of nitriles is 2. The number of likely N-dealkylation sites (tertiary alicyclic amines) is 1. The summed E-state index contributed by atoms with van der Waals surface area (Å²) in [5.41, 5.74) is 1.14. The van der Waals surface area contributed by atoms with Crippen LogP contribution in [0.25, 0.3) is 0 Å². The van der Waals surface area contributed by atoms with Crippen LogP contribution in [0.3, 0.4) is 0 Å². The Balaban J connectivity index is 1.38. The van der Waals surface area contributed by atoms with E-state index >= 15 is 0 Å². The van der Waals surface area contributed by atoms with E-state index in [4.69, 9.17) is 15.3 Å². The molecule has 0 saturated carbocycles. The van der Waals surface area contributed by atoms with E-state index in [9.17, 15) is 0 Å². The van der Waals surface area contributed by atoms with Crippen molar-refractivity contribution >= 4 is 5.82 Å². The Morgan fingerprint density at radius 3 is 2.85 bits per heavy atom. The Morgan fingerprint density at radius 2 is 2.08 bits per heavy atom. The van der Waals surface area contributed by atoms with Crippen molar-refractivity contribution < 1.29 is 4.74 Å². The maximum Gasteiger partial charge on any atom is 0.137 e. The number of anilines is 1. The van der Waals surface area contributed by atoms with E-state index in [1.54, 1.807) is 18.3 Å². The first-order valence-electron chi connectivity index (χ1n) is 8.73. The Hall–Kier alpha value is -3.09. The Morgan fingerprint density at radius 1 is 1.19 bits per heavy atom. The number of benzene rings is 1. The molecule has 26 heavy (non-hydrogen) atoms. The molecule has 1 aliphatic heterocycles. The van der Waals surface area contributed by atoms with E-state index in [-0.39, 0.29) is 0 Å². The van der Waals surface area contributed by atoms with Gasteiger partial charge in [-0.15, -0.1) is 0 Å². The number of pyridine rings is 1. The molecule has 1 aromatic heterocycles. The zero-order chi connectivity index (χ0) is 18.2. The van der Waals surface area contributed by atoms with Crippen LogP contribution in [0.2, 0.25) is 0 Å². The third-order valence-electron chi connectivity index (χ3n) is 4.51. The van der Waals surface area contributed by atoms with Crippen molar-refractivity contribution in [2.45, 2.75) is 6.42 Å². The second kappa shape index (κ2) is 8.84. The van der Waals surface area contributed by atoms with Gasteiger partial charge in [-0.05, 0) is 43.1 Å². The van der Waals surface area contributed by atoms with Crippen LogP contribution in [-0.2, 0) is 0 Å². The van der Waals surface area contributed by atoms with Gasteiger partial charge >= 0.3 is 0 Å². The first-order valence-corrected chi connectivity index (χ1v) is 8.73. The molecule has 0 amide bonds. The molecule has 1 saturated heterocycles. The number of ether oxygens (including phenoxy) is 1. The molecular weight excluding hydrogens is 326 g/mol. The molecule has 0 aliphatic carbocycles. The van der Waals surface area contributed by atoms with Gasteiger partial charge in [-0.1, -0.05) is 12.1 Å². The van der Waals surface area contributed by atoms with Crippen LogP contribution >= 0.6 is 0 Å². The minimum absolute atomic E-state index is 0.568. The van der Waals surface area contributed by atoms with Gasteiger partial charge in [0.25, 0.3) is 0 Å². The number of nitrogens with one attached hydrogen (secondary N) is 1. The van der Waals surface area contributed by atoms with Crippen molar-refractivity contribution in [2.24, 2.45) is 5.92 Å². The number of para-hydroxylation sites is 1. The highest BCUT2D eigenvalue weighted by Gasteiger charge is 2.22. The predicted molar refractivity (Wildman–Crippen MR) is 98.6 cm³/mol. The van der Waals surface area contributed by atoms with Crippen LogP contribution in [-0.4, -0.2) is 42.7 Å². The fraction of sp³-hybridized carbons (Fsp3) is 0.350. The zero-order valence-corrected chi connectivity index (χ0v) is 14.6. The topological polar surface area (TPSA) is 85.0 Å². The van der Waals surface area contributed by atoms with Crippen molar-refractivity contribution in [3.05, 3.63) is 53.7 Å². The van der Waals surface area contributed by atoms with Gasteiger partial charge in [-0.2, -0.15) is 10.5 Å². The van der Waals surface area contributed by atoms with Gasteiger partial charge in [0.2, 0.25) is 0 Å². The fourth-order valence-corrected chi connectivity index (χ4v) is 3.07. The highest BCUT2D eigenvalue weighted by Crippen LogP contribution is 2.19. The molecule has 1 fully saturated rings. The van der Waals surface area contributed by atoms with Gasteiger partial charge in [-0.3, -0.25) is 4.90 Å². The summed E-state index contributed by atoms with van der Waals surface area (Å²) in [7, 11) is 0. The average Bonchev–Trinajstić information content (AvgIpc) is 3.15. The lowest BCUT2D eigenvalue weighted by atomic mass is 10.1. The standard InChI is InChI=1S/C20H21N5O/c21-11-16-5-6-20(23-13-16)24-14-17-7-8-25(15-17)9-10-26-19-4-2-1-3-18(19)12-22/h1-6,13,17H,7-10,14-15H2,(H,23,24). The highest BCUT2D eigenvalue weighted by atomic mass is 16.5. The average molecular weight is 347 g/mol. The fourth-order valence-electron chi connectivity index (χ4n) is 3.07. The van der Waals surface area contributed by atoms with E-state index in [0.717, 1.165) is 38.4 Å². The maximum absolute atomic E-state index is 9.08. The highest BCUT2D eigenvalue weighted by molar-refractivity contribution is 5.42. The van der Waals surface area contributed by atoms with Crippen LogP contribution < -0.4 is 10.1 Å². The minimum atomic E-state index is 0.568. The van der Waals surface area contributed by atoms with Crippen LogP contribution in [0.15, 0.2) is 42.6 Å². The van der Waals surface area contributed by atoms with Gasteiger partial charge in [0.05, 0.1) is 11.1 Å². The van der Waals surface area contributed by atoms with Crippen LogP contribution in [0.4, 0.5) is 5.82 Å². The molecule has 1 atom stereocenters. The number of nitrogens with zero attached hydrogens (tertiary/aromatic N) is 4. The zero-order valence-electron chi connectivity index (χ0n) is 14.6. The summed E-state index contributed by atoms with van der Waals surface area (Å²) in [6.45, 7) is 4.37. The molecule has 1 aliphatic rings. The Kier molecular flexibility index (Phi) is 6.03. The minimum Gasteiger partial charge on any atom is -0.491 e. The molecule has 1 aromatic carbocycles. The SMILES string of the molecule is N#Cc1ccc(NCC2CCN(CCOc3ccccc3C#N)C2)nc1. The van der Waals surface area contributed by atoms with E-state index in [2.05, 4.69) is 27.3 Å². The number of hydrogen-bond donors (Lipinski definition) is 1. The van der Waals surface area contributed by atoms with Gasteiger partial charge in [0.1, 0.15) is 30.3 Å². The van der Waals surface area contributed by atoms with Crippen LogP contribution in [0.1, 0.15) is 17.5 Å². The normalized spacial score (nSPS) is 16.6. The number of rotatable bonds is 7. The maximum atomic E-state index is 9.08. The summed E-state index contributed by atoms with van der Waals surface area (Å²) < 4.78 is 5.76. The quantitative estimate of drug-likeness (QED) is 0.829. The predicted octanol–water partition coefficient (Wildman–Crippen LogP) is 2.64. The summed E-state index contributed by atoms with van der Waals surface area (Å²) in [6.07, 6.45) is 2.72. The smallest absolute Gasteiger partial charge is 0.137 e. The van der Waals surface area contributed by atoms with Crippen LogP contribution in [0, 0.1) is 28.6 Å². The van der Waals surface area contributed by atoms with Gasteiger partial charge in [0, 0.05) is 25.8 Å². The Labute approximate surface area is 153 Å². The first kappa shape index (κ1) is 17.7. The van der Waals surface area contributed by atoms with Crippen molar-refractivity contribution in [3.63, 3.8) is 0 Å². The summed E-state index contributed by atoms with van der Waals surface area (Å²) >= 11 is 0. The molecule has 1 unspecified atom stereocenters. The van der Waals surface area contributed by atoms with Crippen molar-refractivity contribution in [1.29, 1.82) is 10.5 Å². The van der Waals surface area contributed by atoms with Gasteiger partial charge < -0.3 is 10.1 Å². The lowest BCUT2D eigenvalue weighted by Gasteiger charge is -2.17. The molecule has 2 heterocycles. The lowest BCUT2D eigenvalue weighted by Crippen LogP contribution is -2.27. The third-order valence-corrected chi connectivity index (χ3v) is 4.51. The van der Waals surface area contributed by atoms with Gasteiger partial charge in [-0.25, -0.2) is 4.98 Å². The molecule has 3 rings (SSSR count). The second-order valence-corrected chi connectivity index (χ2v) is 6.34. The second-order valence-electron chi connectivity index (χ2n) is 6.34. The lowest BCUT2D eigenvalue weighted by molar-refractivity contribution is 0.233. The molecule has 2 aromatic rings. The number of aromatic nitrogens is 1. The molecule has 0 radical (unpaired) electrons. The van der Waals surface area contributed by atoms with E-state index in [0.29, 0.717) is 29.4 Å². The first-order chi connectivity index (χ1) is 12.8. The molecular formula is C20H21N5O. The summed E-state index contributed by atoms with van der Waals surface area (Å²) in [4.78, 5) is 6.62. The molecule has 6 nitrogen and oxygen atoms in total. The van der Waals surface area contributed by atoms with Crippen molar-refractivity contribution in [1.82, 2.24) is 9.88 Å². The van der Waals surface area contributed by atoms with Crippen molar-refractivity contribution in [2.75, 3.05) is 38.1 Å². The summed E-state index contributed by atoms with van der Waals surface area (Å²) in [5, 5.41) is 21.2. The number of hydrogen-bond acceptors (Lipinski definition) is 6. The van der Waals surface area contributed by atoms with Crippen LogP contribution in [0.5, 0.6) is 5.75 Å². The third kappa shape index (κ3) is 4.72. The molecule has 132 valence electrons. The monoisotopic (exact) mass is 347 g/mol. The Bertz CT molecular complexity index is 806. The molecule has 6 heteroatoms. The van der Waals surface area contributed by atoms with E-state index < -0.39 is 0 Å². The molecule has 0 spiro atoms. The van der Waals surface area contributed by atoms with Gasteiger partial charge in [0.15, 0.2) is 0 Å².